The predicted molar refractivity (Wildman–Crippen MR) is 58.8 cm³/mol. The highest BCUT2D eigenvalue weighted by atomic mass is 16.5. The van der Waals surface area contributed by atoms with Crippen LogP contribution in [0.4, 0.5) is 0 Å². The first-order valence-corrected chi connectivity index (χ1v) is 4.90. The van der Waals surface area contributed by atoms with Crippen molar-refractivity contribution < 1.29 is 4.74 Å². The van der Waals surface area contributed by atoms with Crippen LogP contribution in [-0.4, -0.2) is 14.5 Å². The molecule has 1 unspecified atom stereocenters. The number of rotatable bonds is 1. The smallest absolute Gasteiger partial charge is 0.330 e. The molecule has 1 atom stereocenters. The van der Waals surface area contributed by atoms with E-state index in [0.717, 1.165) is 5.52 Å². The van der Waals surface area contributed by atoms with Crippen molar-refractivity contribution in [2.75, 3.05) is 0 Å². The second-order valence-corrected chi connectivity index (χ2v) is 3.41. The molecule has 0 fully saturated rings. The van der Waals surface area contributed by atoms with Gasteiger partial charge in [0.15, 0.2) is 11.9 Å². The van der Waals surface area contributed by atoms with Crippen molar-refractivity contribution in [2.45, 2.75) is 6.23 Å². The molecule has 0 radical (unpaired) electrons. The summed E-state index contributed by atoms with van der Waals surface area (Å²) in [6.45, 7) is 0. The second kappa shape index (κ2) is 3.37. The molecule has 5 nitrogen and oxygen atoms in total. The Balaban J connectivity index is 2.22. The van der Waals surface area contributed by atoms with Gasteiger partial charge in [0, 0.05) is 6.20 Å². The molecule has 1 N–H and O–H groups in total. The molecule has 0 saturated carbocycles. The van der Waals surface area contributed by atoms with Crippen molar-refractivity contribution >= 4 is 11.2 Å². The third kappa shape index (κ3) is 1.25. The molecule has 3 rings (SSSR count). The Labute approximate surface area is 90.7 Å². The number of fused-ring (bicyclic) bond motifs is 1. The molecule has 0 aromatic carbocycles. The fourth-order valence-electron chi connectivity index (χ4n) is 1.73. The van der Waals surface area contributed by atoms with Crippen molar-refractivity contribution in [3.63, 3.8) is 0 Å². The van der Waals surface area contributed by atoms with Crippen LogP contribution in [0.2, 0.25) is 0 Å². The molecule has 0 saturated heterocycles. The molecule has 16 heavy (non-hydrogen) atoms. The average molecular weight is 215 g/mol. The summed E-state index contributed by atoms with van der Waals surface area (Å²) in [5, 5.41) is 0. The molecule has 0 spiro atoms. The number of hydrogen-bond donors (Lipinski definition) is 1. The predicted octanol–water partition coefficient (Wildman–Crippen LogP) is 1.32. The van der Waals surface area contributed by atoms with Gasteiger partial charge in [0.2, 0.25) is 0 Å². The molecule has 0 aliphatic carbocycles. The van der Waals surface area contributed by atoms with Crippen molar-refractivity contribution in [3.8, 4) is 0 Å². The maximum Gasteiger partial charge on any atom is 0.330 e. The van der Waals surface area contributed by atoms with Gasteiger partial charge in [-0.25, -0.2) is 14.3 Å². The summed E-state index contributed by atoms with van der Waals surface area (Å²) < 4.78 is 6.89. The highest BCUT2D eigenvalue weighted by Crippen LogP contribution is 2.17. The van der Waals surface area contributed by atoms with E-state index in [1.165, 1.54) is 4.57 Å². The highest BCUT2D eigenvalue weighted by molar-refractivity contribution is 5.70. The van der Waals surface area contributed by atoms with Crippen LogP contribution >= 0.6 is 0 Å². The van der Waals surface area contributed by atoms with Crippen LogP contribution in [0.5, 0.6) is 0 Å². The minimum absolute atomic E-state index is 0.223. The number of imidazole rings is 1. The number of aromatic amines is 1. The number of hydrogen-bond acceptors (Lipinski definition) is 3. The summed E-state index contributed by atoms with van der Waals surface area (Å²) in [6, 6.07) is 3.62. The Morgan fingerprint density at radius 3 is 3.19 bits per heavy atom. The summed E-state index contributed by atoms with van der Waals surface area (Å²) in [6.07, 6.45) is 8.22. The van der Waals surface area contributed by atoms with Gasteiger partial charge in [-0.15, -0.1) is 0 Å². The lowest BCUT2D eigenvalue weighted by Crippen LogP contribution is -2.22. The van der Waals surface area contributed by atoms with Crippen molar-refractivity contribution in [3.05, 3.63) is 53.3 Å². The lowest BCUT2D eigenvalue weighted by Gasteiger charge is -2.15. The van der Waals surface area contributed by atoms with Crippen LogP contribution in [-0.2, 0) is 4.74 Å². The van der Waals surface area contributed by atoms with E-state index in [-0.39, 0.29) is 5.69 Å². The summed E-state index contributed by atoms with van der Waals surface area (Å²) >= 11 is 0. The zero-order chi connectivity index (χ0) is 11.0. The number of allylic oxidation sites excluding steroid dienone is 2. The number of pyridine rings is 1. The fraction of sp³-hybridized carbons (Fsp3) is 0.0909. The van der Waals surface area contributed by atoms with Gasteiger partial charge < -0.3 is 4.74 Å². The lowest BCUT2D eigenvalue weighted by atomic mass is 10.3. The minimum Gasteiger partial charge on any atom is -0.474 e. The normalized spacial score (nSPS) is 18.9. The zero-order valence-electron chi connectivity index (χ0n) is 8.33. The van der Waals surface area contributed by atoms with Gasteiger partial charge in [-0.1, -0.05) is 6.08 Å². The van der Waals surface area contributed by atoms with E-state index in [2.05, 4.69) is 9.97 Å². The van der Waals surface area contributed by atoms with Gasteiger partial charge in [-0.3, -0.25) is 4.98 Å². The van der Waals surface area contributed by atoms with Gasteiger partial charge in [-0.05, 0) is 24.3 Å². The summed E-state index contributed by atoms with van der Waals surface area (Å²) in [4.78, 5) is 18.5. The monoisotopic (exact) mass is 215 g/mol. The summed E-state index contributed by atoms with van der Waals surface area (Å²) in [5.41, 5.74) is 1.08. The van der Waals surface area contributed by atoms with Gasteiger partial charge >= 0.3 is 5.69 Å². The third-order valence-corrected chi connectivity index (χ3v) is 2.43. The van der Waals surface area contributed by atoms with Crippen molar-refractivity contribution in [1.29, 1.82) is 0 Å². The van der Waals surface area contributed by atoms with Gasteiger partial charge in [0.1, 0.15) is 0 Å². The van der Waals surface area contributed by atoms with E-state index in [9.17, 15) is 4.79 Å². The van der Waals surface area contributed by atoms with E-state index in [0.29, 0.717) is 5.65 Å². The number of nitrogens with one attached hydrogen (secondary N) is 1. The molecule has 0 bridgehead atoms. The number of aromatic nitrogens is 3. The number of H-pyrrole nitrogens is 1. The number of ether oxygens (including phenoxy) is 1. The fourth-order valence-corrected chi connectivity index (χ4v) is 1.73. The maximum atomic E-state index is 11.8. The average Bonchev–Trinajstić information content (AvgIpc) is 2.66. The van der Waals surface area contributed by atoms with Crippen LogP contribution in [0.3, 0.4) is 0 Å². The van der Waals surface area contributed by atoms with E-state index in [1.54, 1.807) is 24.6 Å². The van der Waals surface area contributed by atoms with Crippen LogP contribution in [0.15, 0.2) is 47.6 Å². The Bertz CT molecular complexity index is 636. The van der Waals surface area contributed by atoms with Crippen molar-refractivity contribution in [1.82, 2.24) is 14.5 Å². The standard InChI is InChI=1S/C11H9N3O2/c15-11-13-10-8(4-3-6-12-10)14(11)9-5-1-2-7-16-9/h1-7,9H,(H,12,13,15). The summed E-state index contributed by atoms with van der Waals surface area (Å²) in [7, 11) is 0. The second-order valence-electron chi connectivity index (χ2n) is 3.41. The molecule has 5 heteroatoms. The quantitative estimate of drug-likeness (QED) is 0.780. The van der Waals surface area contributed by atoms with E-state index >= 15 is 0 Å². The van der Waals surface area contributed by atoms with E-state index in [1.807, 2.05) is 18.2 Å². The van der Waals surface area contributed by atoms with Gasteiger partial charge in [0.25, 0.3) is 0 Å². The van der Waals surface area contributed by atoms with Crippen LogP contribution in [0.25, 0.3) is 11.2 Å². The van der Waals surface area contributed by atoms with E-state index in [4.69, 9.17) is 4.74 Å². The molecule has 2 aromatic rings. The minimum atomic E-state index is -0.407. The van der Waals surface area contributed by atoms with Gasteiger partial charge in [-0.2, -0.15) is 0 Å². The molecule has 80 valence electrons. The topological polar surface area (TPSA) is 59.9 Å². The molecule has 3 heterocycles. The molecule has 2 aromatic heterocycles. The maximum absolute atomic E-state index is 11.8. The summed E-state index contributed by atoms with van der Waals surface area (Å²) in [5.74, 6) is 0. The molecular weight excluding hydrogens is 206 g/mol. The Morgan fingerprint density at radius 2 is 2.38 bits per heavy atom. The Hall–Kier alpha value is -2.30. The Morgan fingerprint density at radius 1 is 1.44 bits per heavy atom. The van der Waals surface area contributed by atoms with Crippen LogP contribution < -0.4 is 5.69 Å². The zero-order valence-corrected chi connectivity index (χ0v) is 8.33. The van der Waals surface area contributed by atoms with Crippen molar-refractivity contribution in [2.24, 2.45) is 0 Å². The Kier molecular flexibility index (Phi) is 1.89. The highest BCUT2D eigenvalue weighted by Gasteiger charge is 2.15. The lowest BCUT2D eigenvalue weighted by molar-refractivity contribution is 0.123. The first-order valence-electron chi connectivity index (χ1n) is 4.90. The molecule has 1 aliphatic heterocycles. The van der Waals surface area contributed by atoms with Crippen LogP contribution in [0.1, 0.15) is 6.23 Å². The van der Waals surface area contributed by atoms with Gasteiger partial charge in [0.05, 0.1) is 11.8 Å². The van der Waals surface area contributed by atoms with E-state index < -0.39 is 6.23 Å². The molecule has 0 amide bonds. The largest absolute Gasteiger partial charge is 0.474 e. The molecular formula is C11H9N3O2. The number of nitrogens with zero attached hydrogens (tertiary/aromatic N) is 2. The first-order chi connectivity index (χ1) is 7.86. The SMILES string of the molecule is O=c1[nH]c2ncccc2n1C1C=CC=CO1. The van der Waals surface area contributed by atoms with Crippen LogP contribution in [0, 0.1) is 0 Å². The molecule has 1 aliphatic rings. The first kappa shape index (κ1) is 8.96. The third-order valence-electron chi connectivity index (χ3n) is 2.43.